The van der Waals surface area contributed by atoms with Gasteiger partial charge in [-0.25, -0.2) is 0 Å². The Balaban J connectivity index is 1.45. The second kappa shape index (κ2) is 9.55. The van der Waals surface area contributed by atoms with Gasteiger partial charge in [0.15, 0.2) is 9.75 Å². The molecule has 7 nitrogen and oxygen atoms in total. The zero-order valence-electron chi connectivity index (χ0n) is 21.8. The minimum atomic E-state index is -2.00. The fourth-order valence-electron chi connectivity index (χ4n) is 7.50. The average molecular weight is 689 g/mol. The van der Waals surface area contributed by atoms with Crippen molar-refractivity contribution in [2.75, 3.05) is 10.4 Å². The van der Waals surface area contributed by atoms with E-state index in [0.717, 1.165) is 10.3 Å². The highest BCUT2D eigenvalue weighted by Gasteiger charge is 2.76. The van der Waals surface area contributed by atoms with Crippen molar-refractivity contribution in [1.29, 1.82) is 0 Å². The maximum Gasteiger partial charge on any atom is 0.254 e. The number of carbonyl (C=O) groups excluding carboxylic acids is 4. The number of nitrogens with zero attached hydrogens (tertiary/aromatic N) is 2. The van der Waals surface area contributed by atoms with Gasteiger partial charge in [-0.3, -0.25) is 29.0 Å². The molecule has 3 fully saturated rings. The Bertz CT molecular complexity index is 1760. The first-order valence-corrected chi connectivity index (χ1v) is 15.6. The molecule has 1 saturated carbocycles. The van der Waals surface area contributed by atoms with Gasteiger partial charge in [-0.05, 0) is 59.9 Å². The number of fused-ring (bicyclic) bond motifs is 5. The quantitative estimate of drug-likeness (QED) is 0.155. The van der Waals surface area contributed by atoms with Crippen molar-refractivity contribution < 1.29 is 24.3 Å². The average Bonchev–Trinajstić information content (AvgIpc) is 3.32. The summed E-state index contributed by atoms with van der Waals surface area (Å²) in [5.41, 5.74) is 1.24. The summed E-state index contributed by atoms with van der Waals surface area (Å²) >= 11 is 23.9. The summed E-state index contributed by atoms with van der Waals surface area (Å²) in [7, 11) is 0. The van der Waals surface area contributed by atoms with E-state index in [-0.39, 0.29) is 30.0 Å². The second-order valence-corrected chi connectivity index (χ2v) is 13.4. The summed E-state index contributed by atoms with van der Waals surface area (Å²) in [5, 5.41) is 13.2. The molecule has 6 unspecified atom stereocenters. The van der Waals surface area contributed by atoms with Crippen molar-refractivity contribution in [3.63, 3.8) is 0 Å². The third-order valence-corrected chi connectivity index (χ3v) is 11.5. The molecule has 42 heavy (non-hydrogen) atoms. The Hall–Kier alpha value is -2.91. The normalized spacial score (nSPS) is 32.2. The number of hydrogen-bond donors (Lipinski definition) is 1. The molecule has 6 atom stereocenters. The highest BCUT2D eigenvalue weighted by atomic mass is 79.9. The molecule has 2 heterocycles. The molecule has 4 aliphatic rings. The molecule has 2 aliphatic heterocycles. The summed E-state index contributed by atoms with van der Waals surface area (Å²) in [6.45, 7) is 0. The van der Waals surface area contributed by atoms with E-state index in [4.69, 9.17) is 34.8 Å². The van der Waals surface area contributed by atoms with Crippen LogP contribution in [0.2, 0.25) is 5.02 Å². The van der Waals surface area contributed by atoms with Gasteiger partial charge in [0.25, 0.3) is 11.8 Å². The number of imide groups is 2. The SMILES string of the molecule is O=C1C2CC=C3C(CC4(Cl)C(=O)N(CBr)C(=O)C4(Cl)C3c3c(O)ccc4ccccc34)C2C(=O)N1c1ccc(Cl)cc1. The maximum atomic E-state index is 14.1. The molecule has 7 rings (SSSR count). The number of alkyl halides is 3. The number of amides is 4. The molecule has 2 aliphatic carbocycles. The Labute approximate surface area is 264 Å². The van der Waals surface area contributed by atoms with Crippen LogP contribution in [0, 0.1) is 17.8 Å². The van der Waals surface area contributed by atoms with Crippen molar-refractivity contribution in [2.24, 2.45) is 17.8 Å². The number of anilines is 1. The van der Waals surface area contributed by atoms with E-state index < -0.39 is 51.1 Å². The lowest BCUT2D eigenvalue weighted by Crippen LogP contribution is -2.60. The number of phenolic OH excluding ortho intramolecular Hbond substituents is 1. The van der Waals surface area contributed by atoms with Crippen LogP contribution in [0.4, 0.5) is 5.69 Å². The maximum absolute atomic E-state index is 14.1. The Kier molecular flexibility index (Phi) is 6.34. The lowest BCUT2D eigenvalue weighted by molar-refractivity contribution is -0.138. The Morgan fingerprint density at radius 1 is 0.905 bits per heavy atom. The molecule has 2 saturated heterocycles. The van der Waals surface area contributed by atoms with Crippen LogP contribution in [-0.4, -0.2) is 48.8 Å². The molecular weight excluding hydrogens is 667 g/mol. The number of phenols is 1. The van der Waals surface area contributed by atoms with Gasteiger partial charge in [-0.2, -0.15) is 0 Å². The molecule has 0 aromatic heterocycles. The highest BCUT2D eigenvalue weighted by molar-refractivity contribution is 9.09. The van der Waals surface area contributed by atoms with Crippen LogP contribution in [0.5, 0.6) is 5.75 Å². The van der Waals surface area contributed by atoms with Crippen molar-refractivity contribution in [3.05, 3.63) is 82.9 Å². The minimum absolute atomic E-state index is 0.115. The molecule has 4 amide bonds. The van der Waals surface area contributed by atoms with Gasteiger partial charge in [0.2, 0.25) is 11.8 Å². The van der Waals surface area contributed by atoms with E-state index in [1.165, 1.54) is 11.0 Å². The number of hydrogen-bond acceptors (Lipinski definition) is 5. The van der Waals surface area contributed by atoms with Crippen LogP contribution in [0.1, 0.15) is 24.3 Å². The van der Waals surface area contributed by atoms with Gasteiger partial charge in [-0.1, -0.05) is 69.5 Å². The predicted octanol–water partition coefficient (Wildman–Crippen LogP) is 6.11. The second-order valence-electron chi connectivity index (χ2n) is 11.2. The molecule has 3 aromatic carbocycles. The molecule has 0 radical (unpaired) electrons. The van der Waals surface area contributed by atoms with Gasteiger partial charge < -0.3 is 5.11 Å². The molecule has 214 valence electrons. The first kappa shape index (κ1) is 27.9. The largest absolute Gasteiger partial charge is 0.508 e. The summed E-state index contributed by atoms with van der Waals surface area (Å²) in [4.78, 5) is 53.9. The van der Waals surface area contributed by atoms with Gasteiger partial charge in [-0.15, -0.1) is 23.2 Å². The van der Waals surface area contributed by atoms with Gasteiger partial charge in [0, 0.05) is 16.5 Å². The molecule has 0 spiro atoms. The van der Waals surface area contributed by atoms with Gasteiger partial charge in [0.05, 0.1) is 23.0 Å². The van der Waals surface area contributed by atoms with E-state index in [1.54, 1.807) is 36.4 Å². The first-order valence-electron chi connectivity index (χ1n) is 13.4. The zero-order valence-corrected chi connectivity index (χ0v) is 25.6. The zero-order chi connectivity index (χ0) is 29.7. The lowest BCUT2D eigenvalue weighted by Gasteiger charge is -2.51. The van der Waals surface area contributed by atoms with E-state index >= 15 is 0 Å². The topological polar surface area (TPSA) is 95.0 Å². The molecule has 11 heteroatoms. The number of allylic oxidation sites excluding steroid dienone is 2. The molecule has 1 N–H and O–H groups in total. The molecular formula is C31H22BrCl3N2O5. The van der Waals surface area contributed by atoms with Crippen molar-refractivity contribution >= 4 is 90.8 Å². The number of likely N-dealkylation sites (tertiary alicyclic amines) is 1. The summed E-state index contributed by atoms with van der Waals surface area (Å²) < 4.78 is 0. The lowest BCUT2D eigenvalue weighted by atomic mass is 9.56. The van der Waals surface area contributed by atoms with E-state index in [2.05, 4.69) is 15.9 Å². The predicted molar refractivity (Wildman–Crippen MR) is 163 cm³/mol. The van der Waals surface area contributed by atoms with E-state index in [0.29, 0.717) is 27.2 Å². The standard InChI is InChI=1S/C31H22BrCl3N2O5/c32-14-36-28(41)30(34)13-21-19(10-11-20-23(21)27(40)37(26(20)39)17-8-6-16(33)7-9-17)25(31(30,35)29(36)42)24-18-4-2-1-3-15(18)5-12-22(24)38/h1-10,12,20-21,23,25,38H,11,13-14H2. The molecule has 0 bridgehead atoms. The number of halogens is 4. The number of rotatable bonds is 3. The van der Waals surface area contributed by atoms with E-state index in [1.807, 2.05) is 24.3 Å². The molecule has 3 aromatic rings. The fourth-order valence-corrected chi connectivity index (χ4v) is 9.04. The smallest absolute Gasteiger partial charge is 0.254 e. The highest BCUT2D eigenvalue weighted by Crippen LogP contribution is 2.66. The third-order valence-electron chi connectivity index (χ3n) is 9.34. The van der Waals surface area contributed by atoms with Crippen LogP contribution >= 0.6 is 50.7 Å². The van der Waals surface area contributed by atoms with Gasteiger partial charge >= 0.3 is 0 Å². The van der Waals surface area contributed by atoms with Crippen molar-refractivity contribution in [3.8, 4) is 5.75 Å². The number of carbonyl (C=O) groups is 4. The van der Waals surface area contributed by atoms with Crippen LogP contribution in [0.15, 0.2) is 72.3 Å². The van der Waals surface area contributed by atoms with Crippen LogP contribution < -0.4 is 4.90 Å². The Morgan fingerprint density at radius 2 is 1.62 bits per heavy atom. The van der Waals surface area contributed by atoms with Crippen LogP contribution in [-0.2, 0) is 19.2 Å². The fraction of sp³-hybridized carbons (Fsp3) is 0.290. The van der Waals surface area contributed by atoms with Crippen LogP contribution in [0.3, 0.4) is 0 Å². The monoisotopic (exact) mass is 686 g/mol. The first-order chi connectivity index (χ1) is 20.0. The van der Waals surface area contributed by atoms with E-state index in [9.17, 15) is 24.3 Å². The number of benzene rings is 3. The summed E-state index contributed by atoms with van der Waals surface area (Å²) in [6, 6.07) is 17.1. The van der Waals surface area contributed by atoms with Gasteiger partial charge in [0.1, 0.15) is 5.75 Å². The summed E-state index contributed by atoms with van der Waals surface area (Å²) in [5.74, 6) is -5.54. The van der Waals surface area contributed by atoms with Crippen molar-refractivity contribution in [2.45, 2.75) is 28.5 Å². The minimum Gasteiger partial charge on any atom is -0.508 e. The Morgan fingerprint density at radius 3 is 2.33 bits per heavy atom. The summed E-state index contributed by atoms with van der Waals surface area (Å²) in [6.07, 6.45) is 1.94. The third kappa shape index (κ3) is 3.46. The van der Waals surface area contributed by atoms with Crippen molar-refractivity contribution in [1.82, 2.24) is 4.90 Å². The number of aromatic hydroxyl groups is 1. The van der Waals surface area contributed by atoms with Crippen LogP contribution in [0.25, 0.3) is 10.8 Å².